The topological polar surface area (TPSA) is 37.3 Å². The lowest BCUT2D eigenvalue weighted by molar-refractivity contribution is -0.137. The van der Waals surface area contributed by atoms with Gasteiger partial charge in [0.15, 0.2) is 5.78 Å². The zero-order chi connectivity index (χ0) is 12.6. The van der Waals surface area contributed by atoms with Gasteiger partial charge in [0.1, 0.15) is 0 Å². The molecule has 0 spiro atoms. The van der Waals surface area contributed by atoms with Crippen LogP contribution < -0.4 is 0 Å². The number of Topliss-reactive ketones (excluding diaryl/α,β-unsaturated/α-hetero) is 1. The highest BCUT2D eigenvalue weighted by Gasteiger charge is 2.41. The number of halogens is 2. The molecule has 1 aromatic carbocycles. The number of hydrogen-bond acceptors (Lipinski definition) is 2. The van der Waals surface area contributed by atoms with Gasteiger partial charge in [0.05, 0.1) is 0 Å². The largest absolute Gasteiger partial charge is 0.368 e. The molecule has 0 aliphatic rings. The summed E-state index contributed by atoms with van der Waals surface area (Å²) in [5.74, 6) is -0.290. The molecule has 0 radical (unpaired) electrons. The second-order valence-corrected chi connectivity index (χ2v) is 6.29. The lowest BCUT2D eigenvalue weighted by atomic mass is 9.85. The summed E-state index contributed by atoms with van der Waals surface area (Å²) < 4.78 is -1.66. The summed E-state index contributed by atoms with van der Waals surface area (Å²) >= 11 is 8.83. The quantitative estimate of drug-likeness (QED) is 0.849. The van der Waals surface area contributed by atoms with Gasteiger partial charge in [-0.1, -0.05) is 44.5 Å². The highest BCUT2D eigenvalue weighted by atomic mass is 79.9. The molecule has 0 saturated carbocycles. The Morgan fingerprint density at radius 1 is 1.25 bits per heavy atom. The van der Waals surface area contributed by atoms with Gasteiger partial charge in [0, 0.05) is 16.0 Å². The molecule has 0 aliphatic carbocycles. The normalized spacial score (nSPS) is 15.6. The van der Waals surface area contributed by atoms with Crippen LogP contribution >= 0.6 is 27.5 Å². The molecule has 0 heterocycles. The monoisotopic (exact) mass is 304 g/mol. The molecule has 1 unspecified atom stereocenters. The van der Waals surface area contributed by atoms with E-state index in [2.05, 4.69) is 15.9 Å². The van der Waals surface area contributed by atoms with Crippen molar-refractivity contribution in [2.75, 3.05) is 0 Å². The Bertz CT molecular complexity index is 390. The van der Waals surface area contributed by atoms with E-state index in [0.29, 0.717) is 10.6 Å². The van der Waals surface area contributed by atoms with Crippen molar-refractivity contribution in [1.82, 2.24) is 0 Å². The smallest absolute Gasteiger partial charge is 0.204 e. The van der Waals surface area contributed by atoms with E-state index in [1.165, 1.54) is 0 Å². The van der Waals surface area contributed by atoms with E-state index in [9.17, 15) is 9.90 Å². The van der Waals surface area contributed by atoms with Crippen LogP contribution in [-0.4, -0.2) is 10.9 Å². The number of rotatable bonds is 2. The van der Waals surface area contributed by atoms with Crippen LogP contribution in [0.25, 0.3) is 0 Å². The van der Waals surface area contributed by atoms with Crippen molar-refractivity contribution in [3.63, 3.8) is 0 Å². The van der Waals surface area contributed by atoms with Crippen molar-refractivity contribution in [2.24, 2.45) is 5.41 Å². The molecule has 0 saturated heterocycles. The van der Waals surface area contributed by atoms with Crippen LogP contribution in [0.4, 0.5) is 0 Å². The van der Waals surface area contributed by atoms with Crippen LogP contribution in [0.3, 0.4) is 0 Å². The summed E-state index contributed by atoms with van der Waals surface area (Å²) in [7, 11) is 0. The molecule has 88 valence electrons. The Balaban J connectivity index is 3.11. The molecule has 16 heavy (non-hydrogen) atoms. The first kappa shape index (κ1) is 13.7. The number of alkyl halides is 1. The molecular formula is C12H14BrClO2. The SMILES string of the molecule is CC(C)(C)C(=O)C(O)(Br)c1ccc(Cl)cc1. The van der Waals surface area contributed by atoms with Gasteiger partial charge >= 0.3 is 0 Å². The maximum absolute atomic E-state index is 12.0. The van der Waals surface area contributed by atoms with Crippen LogP contribution in [0.5, 0.6) is 0 Å². The second kappa shape index (κ2) is 4.47. The highest BCUT2D eigenvalue weighted by Crippen LogP contribution is 2.36. The summed E-state index contributed by atoms with van der Waals surface area (Å²) in [6, 6.07) is 6.53. The fourth-order valence-corrected chi connectivity index (χ4v) is 2.28. The van der Waals surface area contributed by atoms with Gasteiger partial charge in [-0.3, -0.25) is 4.79 Å². The van der Waals surface area contributed by atoms with Crippen LogP contribution in [-0.2, 0) is 9.30 Å². The lowest BCUT2D eigenvalue weighted by Crippen LogP contribution is -2.38. The predicted octanol–water partition coefficient (Wildman–Crippen LogP) is 3.50. The number of carbonyl (C=O) groups is 1. The molecule has 2 nitrogen and oxygen atoms in total. The van der Waals surface area contributed by atoms with Crippen molar-refractivity contribution in [2.45, 2.75) is 25.3 Å². The van der Waals surface area contributed by atoms with Crippen molar-refractivity contribution in [3.05, 3.63) is 34.9 Å². The second-order valence-electron chi connectivity index (χ2n) is 4.71. The first-order valence-corrected chi connectivity index (χ1v) is 6.05. The average Bonchev–Trinajstić information content (AvgIpc) is 2.16. The van der Waals surface area contributed by atoms with Gasteiger partial charge < -0.3 is 5.11 Å². The Kier molecular flexibility index (Phi) is 3.83. The number of aliphatic hydroxyl groups is 1. The highest BCUT2D eigenvalue weighted by molar-refractivity contribution is 9.10. The molecule has 1 N–H and O–H groups in total. The summed E-state index contributed by atoms with van der Waals surface area (Å²) in [5, 5.41) is 10.8. The van der Waals surface area contributed by atoms with Crippen molar-refractivity contribution in [1.29, 1.82) is 0 Å². The van der Waals surface area contributed by atoms with Crippen molar-refractivity contribution >= 4 is 33.3 Å². The Morgan fingerprint density at radius 2 is 1.69 bits per heavy atom. The number of hydrogen-bond donors (Lipinski definition) is 1. The molecule has 1 rings (SSSR count). The molecule has 0 aliphatic heterocycles. The van der Waals surface area contributed by atoms with Crippen LogP contribution in [0, 0.1) is 5.41 Å². The van der Waals surface area contributed by atoms with Crippen LogP contribution in [0.15, 0.2) is 24.3 Å². The van der Waals surface area contributed by atoms with Gasteiger partial charge in [-0.05, 0) is 28.1 Å². The molecular weight excluding hydrogens is 291 g/mol. The third-order valence-electron chi connectivity index (χ3n) is 2.21. The Morgan fingerprint density at radius 3 is 2.06 bits per heavy atom. The van der Waals surface area contributed by atoms with Gasteiger partial charge in [-0.15, -0.1) is 0 Å². The molecule has 1 atom stereocenters. The van der Waals surface area contributed by atoms with Crippen LogP contribution in [0.1, 0.15) is 26.3 Å². The summed E-state index contributed by atoms with van der Waals surface area (Å²) in [4.78, 5) is 12.0. The fourth-order valence-electron chi connectivity index (χ4n) is 1.30. The molecule has 0 amide bonds. The molecule has 0 aromatic heterocycles. The standard InChI is InChI=1S/C12H14BrClO2/c1-11(2,3)10(15)12(13,16)8-4-6-9(14)7-5-8/h4-7,16H,1-3H3. The fraction of sp³-hybridized carbons (Fsp3) is 0.417. The van der Waals surface area contributed by atoms with E-state index < -0.39 is 9.93 Å². The minimum Gasteiger partial charge on any atom is -0.368 e. The van der Waals surface area contributed by atoms with E-state index in [-0.39, 0.29) is 5.78 Å². The lowest BCUT2D eigenvalue weighted by Gasteiger charge is -2.28. The zero-order valence-corrected chi connectivity index (χ0v) is 11.8. The third kappa shape index (κ3) is 2.84. The van der Waals surface area contributed by atoms with Crippen molar-refractivity contribution < 1.29 is 9.90 Å². The minimum absolute atomic E-state index is 0.290. The zero-order valence-electron chi connectivity index (χ0n) is 9.42. The first-order chi connectivity index (χ1) is 7.15. The van der Waals surface area contributed by atoms with Gasteiger partial charge in [0.2, 0.25) is 4.51 Å². The number of carbonyl (C=O) groups excluding carboxylic acids is 1. The van der Waals surface area contributed by atoms with Gasteiger partial charge in [0.25, 0.3) is 0 Å². The predicted molar refractivity (Wildman–Crippen MR) is 68.7 cm³/mol. The minimum atomic E-state index is -1.66. The van der Waals surface area contributed by atoms with E-state index in [0.717, 1.165) is 0 Å². The molecule has 0 fully saturated rings. The summed E-state index contributed by atoms with van der Waals surface area (Å²) in [5.41, 5.74) is -0.144. The first-order valence-electron chi connectivity index (χ1n) is 4.88. The van der Waals surface area contributed by atoms with Gasteiger partial charge in [-0.25, -0.2) is 0 Å². The Labute approximate surface area is 109 Å². The number of ketones is 1. The molecule has 4 heteroatoms. The van der Waals surface area contributed by atoms with E-state index >= 15 is 0 Å². The van der Waals surface area contributed by atoms with Crippen molar-refractivity contribution in [3.8, 4) is 0 Å². The number of benzene rings is 1. The van der Waals surface area contributed by atoms with E-state index in [1.54, 1.807) is 45.0 Å². The molecule has 1 aromatic rings. The average molecular weight is 306 g/mol. The van der Waals surface area contributed by atoms with E-state index in [1.807, 2.05) is 0 Å². The third-order valence-corrected chi connectivity index (χ3v) is 3.28. The summed E-state index contributed by atoms with van der Waals surface area (Å²) in [6.07, 6.45) is 0. The Hall–Kier alpha value is -0.380. The maximum Gasteiger partial charge on any atom is 0.204 e. The van der Waals surface area contributed by atoms with E-state index in [4.69, 9.17) is 11.6 Å². The maximum atomic E-state index is 12.0. The van der Waals surface area contributed by atoms with Gasteiger partial charge in [-0.2, -0.15) is 0 Å². The molecule has 0 bridgehead atoms. The summed E-state index contributed by atoms with van der Waals surface area (Å²) in [6.45, 7) is 5.28. The van der Waals surface area contributed by atoms with Crippen LogP contribution in [0.2, 0.25) is 5.02 Å².